The summed E-state index contributed by atoms with van der Waals surface area (Å²) in [4.78, 5) is 0.473. The van der Waals surface area contributed by atoms with Gasteiger partial charge in [-0.25, -0.2) is 16.8 Å². The van der Waals surface area contributed by atoms with Crippen LogP contribution < -0.4 is 20.5 Å². The number of sulfonamides is 1. The van der Waals surface area contributed by atoms with Crippen LogP contribution in [0.3, 0.4) is 0 Å². The minimum Gasteiger partial charge on any atom is -0.496 e. The van der Waals surface area contributed by atoms with Crippen molar-refractivity contribution in [2.75, 3.05) is 40.0 Å². The van der Waals surface area contributed by atoms with E-state index in [0.29, 0.717) is 68.9 Å². The molecule has 0 aromatic heterocycles. The van der Waals surface area contributed by atoms with Gasteiger partial charge in [0.25, 0.3) is 0 Å². The molecule has 13 heteroatoms. The standard InChI is InChI=1S/C36H45N3O8S2/c1-45-34-12-11-32(20-33(34)25-5-7-26(8-6-25)36(37)13-14-36)49(43,44)39-17-15-35(16-18-39)21-27(23-47-35)38-22-28(40)24-46-29-3-2-4-31(19-29)48(41,42)30-9-10-30/h2-8,11-12,19-20,27-28,30,38,40H,9-10,13-18,21-24,37H2,1H3/t27-,28?/m1/s1. The van der Waals surface area contributed by atoms with Crippen LogP contribution in [0.5, 0.6) is 11.5 Å². The summed E-state index contributed by atoms with van der Waals surface area (Å²) in [5.74, 6) is 1.00. The Balaban J connectivity index is 0.911. The van der Waals surface area contributed by atoms with Gasteiger partial charge >= 0.3 is 0 Å². The highest BCUT2D eigenvalue weighted by Gasteiger charge is 2.45. The van der Waals surface area contributed by atoms with Crippen LogP contribution in [0, 0.1) is 0 Å². The fourth-order valence-corrected chi connectivity index (χ4v) is 10.1. The first-order chi connectivity index (χ1) is 23.4. The van der Waals surface area contributed by atoms with Crippen molar-refractivity contribution in [2.24, 2.45) is 5.73 Å². The molecule has 2 saturated carbocycles. The van der Waals surface area contributed by atoms with E-state index >= 15 is 0 Å². The molecule has 3 aromatic carbocycles. The first-order valence-corrected chi connectivity index (χ1v) is 20.0. The Morgan fingerprint density at radius 3 is 2.39 bits per heavy atom. The van der Waals surface area contributed by atoms with Crippen LogP contribution in [0.15, 0.2) is 76.5 Å². The van der Waals surface area contributed by atoms with Crippen LogP contribution in [0.25, 0.3) is 11.1 Å². The number of nitrogens with two attached hydrogens (primary N) is 1. The first kappa shape index (κ1) is 34.4. The highest BCUT2D eigenvalue weighted by molar-refractivity contribution is 7.92. The number of hydrogen-bond donors (Lipinski definition) is 3. The number of nitrogens with zero attached hydrogens (tertiary/aromatic N) is 1. The highest BCUT2D eigenvalue weighted by Crippen LogP contribution is 2.44. The Hall–Kier alpha value is -3.04. The van der Waals surface area contributed by atoms with Gasteiger partial charge in [-0.2, -0.15) is 4.31 Å². The largest absolute Gasteiger partial charge is 0.496 e. The van der Waals surface area contributed by atoms with Crippen molar-refractivity contribution in [2.45, 2.75) is 83.3 Å². The minimum absolute atomic E-state index is 0.00872. The summed E-state index contributed by atoms with van der Waals surface area (Å²) < 4.78 is 71.8. The van der Waals surface area contributed by atoms with Crippen LogP contribution >= 0.6 is 0 Å². The molecule has 3 aromatic rings. The van der Waals surface area contributed by atoms with Gasteiger partial charge in [0.15, 0.2) is 9.84 Å². The molecule has 2 saturated heterocycles. The Kier molecular flexibility index (Phi) is 9.31. The number of piperidine rings is 1. The molecule has 0 radical (unpaired) electrons. The smallest absolute Gasteiger partial charge is 0.243 e. The molecule has 2 atom stereocenters. The molecule has 0 bridgehead atoms. The Morgan fingerprint density at radius 2 is 1.71 bits per heavy atom. The number of nitrogens with one attached hydrogen (secondary N) is 1. The van der Waals surface area contributed by atoms with Crippen molar-refractivity contribution in [1.29, 1.82) is 0 Å². The van der Waals surface area contributed by atoms with Gasteiger partial charge < -0.3 is 30.4 Å². The Bertz CT molecular complexity index is 1890. The van der Waals surface area contributed by atoms with Crippen LogP contribution in [0.1, 0.15) is 50.5 Å². The molecule has 0 amide bonds. The quantitative estimate of drug-likeness (QED) is 0.240. The predicted octanol–water partition coefficient (Wildman–Crippen LogP) is 3.59. The van der Waals surface area contributed by atoms with E-state index in [1.54, 1.807) is 43.5 Å². The third-order valence-electron chi connectivity index (χ3n) is 10.4. The monoisotopic (exact) mass is 711 g/mol. The van der Waals surface area contributed by atoms with Crippen molar-refractivity contribution in [1.82, 2.24) is 9.62 Å². The second-order valence-corrected chi connectivity index (χ2v) is 18.2. The lowest BCUT2D eigenvalue weighted by molar-refractivity contribution is -0.0312. The predicted molar refractivity (Wildman–Crippen MR) is 185 cm³/mol. The molecule has 11 nitrogen and oxygen atoms in total. The van der Waals surface area contributed by atoms with Gasteiger partial charge in [-0.1, -0.05) is 30.3 Å². The molecular weight excluding hydrogens is 667 g/mol. The van der Waals surface area contributed by atoms with Crippen LogP contribution in [0.4, 0.5) is 0 Å². The molecule has 4 N–H and O–H groups in total. The first-order valence-electron chi connectivity index (χ1n) is 17.0. The maximum absolute atomic E-state index is 13.8. The maximum atomic E-state index is 13.8. The lowest BCUT2D eigenvalue weighted by Crippen LogP contribution is -2.47. The van der Waals surface area contributed by atoms with Crippen molar-refractivity contribution in [3.05, 3.63) is 72.3 Å². The van der Waals surface area contributed by atoms with E-state index in [9.17, 15) is 21.9 Å². The average Bonchev–Trinajstić information content (AvgIpc) is 4.06. The molecule has 2 aliphatic carbocycles. The van der Waals surface area contributed by atoms with E-state index in [4.69, 9.17) is 19.9 Å². The van der Waals surface area contributed by atoms with E-state index in [1.165, 1.54) is 10.4 Å². The number of ether oxygens (including phenoxy) is 3. The van der Waals surface area contributed by atoms with E-state index in [1.807, 2.05) is 24.3 Å². The van der Waals surface area contributed by atoms with Gasteiger partial charge in [-0.15, -0.1) is 0 Å². The van der Waals surface area contributed by atoms with Gasteiger partial charge in [-0.05, 0) is 92.5 Å². The molecular formula is C36H45N3O8S2. The maximum Gasteiger partial charge on any atom is 0.243 e. The molecule has 49 heavy (non-hydrogen) atoms. The SMILES string of the molecule is COc1ccc(S(=O)(=O)N2CCC3(CC2)C[C@@H](NCC(O)COc2cccc(S(=O)(=O)C4CC4)c2)CO3)cc1-c1ccc(C2(N)CC2)cc1. The number of rotatable bonds is 13. The average molecular weight is 712 g/mol. The van der Waals surface area contributed by atoms with Crippen molar-refractivity contribution >= 4 is 19.9 Å². The summed E-state index contributed by atoms with van der Waals surface area (Å²) in [6.45, 7) is 1.44. The third-order valence-corrected chi connectivity index (χ3v) is 14.5. The summed E-state index contributed by atoms with van der Waals surface area (Å²) >= 11 is 0. The summed E-state index contributed by atoms with van der Waals surface area (Å²) in [6, 6.07) is 19.4. The fourth-order valence-electron chi connectivity index (χ4n) is 6.95. The Labute approximate surface area is 288 Å². The number of hydrogen-bond acceptors (Lipinski definition) is 10. The molecule has 2 heterocycles. The Morgan fingerprint density at radius 1 is 0.980 bits per heavy atom. The normalized spacial score (nSPS) is 22.6. The molecule has 1 unspecified atom stereocenters. The van der Waals surface area contributed by atoms with Crippen LogP contribution in [-0.4, -0.2) is 89.2 Å². The highest BCUT2D eigenvalue weighted by atomic mass is 32.2. The number of aliphatic hydroxyl groups excluding tert-OH is 1. The zero-order valence-corrected chi connectivity index (χ0v) is 29.3. The minimum atomic E-state index is -3.76. The number of methoxy groups -OCH3 is 1. The van der Waals surface area contributed by atoms with E-state index in [-0.39, 0.29) is 39.8 Å². The van der Waals surface area contributed by atoms with Gasteiger partial charge in [0.1, 0.15) is 24.2 Å². The molecule has 1 spiro atoms. The zero-order valence-electron chi connectivity index (χ0n) is 27.7. The number of aliphatic hydroxyl groups is 1. The van der Waals surface area contributed by atoms with E-state index in [0.717, 1.165) is 24.0 Å². The van der Waals surface area contributed by atoms with Crippen molar-refractivity contribution < 1.29 is 36.2 Å². The number of sulfone groups is 1. The van der Waals surface area contributed by atoms with Crippen LogP contribution in [-0.2, 0) is 30.1 Å². The molecule has 4 aliphatic rings. The summed E-state index contributed by atoms with van der Waals surface area (Å²) in [7, 11) is -5.50. The van der Waals surface area contributed by atoms with Crippen molar-refractivity contribution in [3.63, 3.8) is 0 Å². The second kappa shape index (κ2) is 13.3. The molecule has 2 aliphatic heterocycles. The van der Waals surface area contributed by atoms with Gasteiger partial charge in [0, 0.05) is 36.8 Å². The summed E-state index contributed by atoms with van der Waals surface area (Å²) in [5.41, 5.74) is 8.34. The molecule has 264 valence electrons. The molecule has 4 fully saturated rings. The number of benzene rings is 3. The third kappa shape index (κ3) is 7.25. The fraction of sp³-hybridized carbons (Fsp3) is 0.500. The van der Waals surface area contributed by atoms with Crippen LogP contribution in [0.2, 0.25) is 0 Å². The van der Waals surface area contributed by atoms with E-state index in [2.05, 4.69) is 5.32 Å². The topological polar surface area (TPSA) is 157 Å². The van der Waals surface area contributed by atoms with Gasteiger partial charge in [0.2, 0.25) is 10.0 Å². The summed E-state index contributed by atoms with van der Waals surface area (Å²) in [6.07, 6.45) is 4.36. The lowest BCUT2D eigenvalue weighted by Gasteiger charge is -2.38. The van der Waals surface area contributed by atoms with E-state index < -0.39 is 31.6 Å². The second-order valence-electron chi connectivity index (χ2n) is 14.0. The summed E-state index contributed by atoms with van der Waals surface area (Å²) in [5, 5.41) is 13.6. The molecule has 7 rings (SSSR count). The van der Waals surface area contributed by atoms with Crippen molar-refractivity contribution in [3.8, 4) is 22.6 Å². The zero-order chi connectivity index (χ0) is 34.4. The lowest BCUT2D eigenvalue weighted by atomic mass is 9.88. The van der Waals surface area contributed by atoms with Gasteiger partial charge in [0.05, 0.1) is 34.4 Å². The van der Waals surface area contributed by atoms with Gasteiger partial charge in [-0.3, -0.25) is 0 Å².